The zero-order valence-electron chi connectivity index (χ0n) is 12.3. The van der Waals surface area contributed by atoms with E-state index in [0.717, 1.165) is 29.4 Å². The Labute approximate surface area is 113 Å². The van der Waals surface area contributed by atoms with Crippen molar-refractivity contribution in [1.82, 2.24) is 19.6 Å². The largest absolute Gasteiger partial charge is 0.394 e. The van der Waals surface area contributed by atoms with Gasteiger partial charge in [-0.15, -0.1) is 0 Å². The van der Waals surface area contributed by atoms with Crippen LogP contribution >= 0.6 is 0 Å². The predicted octanol–water partition coefficient (Wildman–Crippen LogP) is 1.76. The second-order valence-corrected chi connectivity index (χ2v) is 4.79. The molecule has 0 fully saturated rings. The Morgan fingerprint density at radius 3 is 2.37 bits per heavy atom. The lowest BCUT2D eigenvalue weighted by molar-refractivity contribution is 0.657. The maximum atomic E-state index is 6.06. The number of hydrogen-bond acceptors (Lipinski definition) is 4. The Kier molecular flexibility index (Phi) is 3.50. The molecule has 104 valence electrons. The van der Waals surface area contributed by atoms with Crippen molar-refractivity contribution in [2.45, 2.75) is 40.8 Å². The summed E-state index contributed by atoms with van der Waals surface area (Å²) in [6.07, 6.45) is 0. The molecule has 0 aliphatic heterocycles. The van der Waals surface area contributed by atoms with Crippen molar-refractivity contribution in [2.75, 3.05) is 11.1 Å². The highest BCUT2D eigenvalue weighted by Crippen LogP contribution is 2.23. The van der Waals surface area contributed by atoms with E-state index in [4.69, 9.17) is 5.73 Å². The molecule has 0 saturated heterocycles. The van der Waals surface area contributed by atoms with Crippen LogP contribution in [0.5, 0.6) is 0 Å². The van der Waals surface area contributed by atoms with Crippen LogP contribution in [0.15, 0.2) is 0 Å². The summed E-state index contributed by atoms with van der Waals surface area (Å²) >= 11 is 0. The molecule has 2 aromatic rings. The molecule has 0 aliphatic carbocycles. The highest BCUT2D eigenvalue weighted by Gasteiger charge is 2.13. The SMILES string of the molecule is CCn1nc(C)c(N)c1NCc1c(C)nn(C)c1C. The highest BCUT2D eigenvalue weighted by molar-refractivity contribution is 5.64. The zero-order chi connectivity index (χ0) is 14.2. The Morgan fingerprint density at radius 1 is 1.16 bits per heavy atom. The molecule has 0 bridgehead atoms. The predicted molar refractivity (Wildman–Crippen MR) is 77.1 cm³/mol. The lowest BCUT2D eigenvalue weighted by Crippen LogP contribution is -2.09. The summed E-state index contributed by atoms with van der Waals surface area (Å²) in [5.74, 6) is 0.891. The van der Waals surface area contributed by atoms with E-state index in [9.17, 15) is 0 Å². The van der Waals surface area contributed by atoms with Crippen LogP contribution in [0.4, 0.5) is 11.5 Å². The molecule has 0 aromatic carbocycles. The Balaban J connectivity index is 2.23. The molecule has 2 rings (SSSR count). The number of nitrogens with one attached hydrogen (secondary N) is 1. The van der Waals surface area contributed by atoms with E-state index in [2.05, 4.69) is 29.4 Å². The maximum Gasteiger partial charge on any atom is 0.148 e. The number of nitrogens with zero attached hydrogens (tertiary/aromatic N) is 4. The molecule has 0 aliphatic rings. The van der Waals surface area contributed by atoms with Crippen molar-refractivity contribution >= 4 is 11.5 Å². The smallest absolute Gasteiger partial charge is 0.148 e. The van der Waals surface area contributed by atoms with Crippen LogP contribution < -0.4 is 11.1 Å². The molecular weight excluding hydrogens is 240 g/mol. The third-order valence-corrected chi connectivity index (χ3v) is 3.56. The number of aryl methyl sites for hydroxylation is 4. The van der Waals surface area contributed by atoms with E-state index in [-0.39, 0.29) is 0 Å². The summed E-state index contributed by atoms with van der Waals surface area (Å²) in [5, 5.41) is 12.2. The number of nitrogen functional groups attached to an aromatic ring is 1. The highest BCUT2D eigenvalue weighted by atomic mass is 15.3. The third kappa shape index (κ3) is 2.30. The van der Waals surface area contributed by atoms with Crippen LogP contribution in [0, 0.1) is 20.8 Å². The van der Waals surface area contributed by atoms with Gasteiger partial charge < -0.3 is 11.1 Å². The topological polar surface area (TPSA) is 73.7 Å². The monoisotopic (exact) mass is 262 g/mol. The number of aromatic nitrogens is 4. The minimum Gasteiger partial charge on any atom is -0.394 e. The molecule has 2 aromatic heterocycles. The van der Waals surface area contributed by atoms with Crippen LogP contribution in [0.2, 0.25) is 0 Å². The normalized spacial score (nSPS) is 11.0. The van der Waals surface area contributed by atoms with Gasteiger partial charge >= 0.3 is 0 Å². The van der Waals surface area contributed by atoms with Crippen LogP contribution in [0.25, 0.3) is 0 Å². The lowest BCUT2D eigenvalue weighted by Gasteiger charge is -2.09. The Morgan fingerprint density at radius 2 is 1.84 bits per heavy atom. The minimum absolute atomic E-state index is 0.709. The maximum absolute atomic E-state index is 6.06. The molecular formula is C13H22N6. The first-order chi connectivity index (χ1) is 8.95. The van der Waals surface area contributed by atoms with E-state index in [1.807, 2.05) is 30.3 Å². The van der Waals surface area contributed by atoms with Gasteiger partial charge in [-0.1, -0.05) is 0 Å². The van der Waals surface area contributed by atoms with Gasteiger partial charge in [-0.25, -0.2) is 4.68 Å². The molecule has 0 spiro atoms. The molecule has 0 saturated carbocycles. The third-order valence-electron chi connectivity index (χ3n) is 3.56. The number of anilines is 2. The average molecular weight is 262 g/mol. The quantitative estimate of drug-likeness (QED) is 0.880. The first kappa shape index (κ1) is 13.5. The number of hydrogen-bond donors (Lipinski definition) is 2. The van der Waals surface area contributed by atoms with Crippen molar-refractivity contribution in [2.24, 2.45) is 7.05 Å². The van der Waals surface area contributed by atoms with Gasteiger partial charge in [0.1, 0.15) is 5.82 Å². The molecule has 0 atom stereocenters. The molecule has 6 nitrogen and oxygen atoms in total. The van der Waals surface area contributed by atoms with Crippen LogP contribution in [0.1, 0.15) is 29.6 Å². The number of rotatable bonds is 4. The molecule has 0 unspecified atom stereocenters. The minimum atomic E-state index is 0.709. The standard InChI is InChI=1S/C13H22N6/c1-6-19-13(12(14)9(3)17-19)15-7-11-8(2)16-18(5)10(11)4/h15H,6-7,14H2,1-5H3. The van der Waals surface area contributed by atoms with E-state index < -0.39 is 0 Å². The summed E-state index contributed by atoms with van der Waals surface area (Å²) < 4.78 is 3.80. The van der Waals surface area contributed by atoms with Crippen molar-refractivity contribution in [3.8, 4) is 0 Å². The van der Waals surface area contributed by atoms with Gasteiger partial charge in [0.05, 0.1) is 17.1 Å². The van der Waals surface area contributed by atoms with Crippen LogP contribution in [0.3, 0.4) is 0 Å². The fourth-order valence-corrected chi connectivity index (χ4v) is 2.26. The van der Waals surface area contributed by atoms with E-state index >= 15 is 0 Å². The van der Waals surface area contributed by atoms with E-state index in [0.29, 0.717) is 6.54 Å². The second-order valence-electron chi connectivity index (χ2n) is 4.79. The molecule has 0 amide bonds. The van der Waals surface area contributed by atoms with Gasteiger partial charge in [0.2, 0.25) is 0 Å². The number of nitrogens with two attached hydrogens (primary N) is 1. The van der Waals surface area contributed by atoms with Gasteiger partial charge in [-0.2, -0.15) is 10.2 Å². The van der Waals surface area contributed by atoms with Gasteiger partial charge in [0.15, 0.2) is 0 Å². The summed E-state index contributed by atoms with van der Waals surface area (Å²) in [5.41, 5.74) is 11.1. The van der Waals surface area contributed by atoms with Crippen LogP contribution in [-0.4, -0.2) is 19.6 Å². The first-order valence-electron chi connectivity index (χ1n) is 6.51. The van der Waals surface area contributed by atoms with Crippen molar-refractivity contribution in [3.05, 3.63) is 22.6 Å². The van der Waals surface area contributed by atoms with Gasteiger partial charge in [0, 0.05) is 31.4 Å². The summed E-state index contributed by atoms with van der Waals surface area (Å²) in [6, 6.07) is 0. The summed E-state index contributed by atoms with van der Waals surface area (Å²) in [4.78, 5) is 0. The van der Waals surface area contributed by atoms with Gasteiger partial charge in [0.25, 0.3) is 0 Å². The van der Waals surface area contributed by atoms with Crippen molar-refractivity contribution in [3.63, 3.8) is 0 Å². The fourth-order valence-electron chi connectivity index (χ4n) is 2.26. The summed E-state index contributed by atoms with van der Waals surface area (Å²) in [7, 11) is 1.96. The fraction of sp³-hybridized carbons (Fsp3) is 0.538. The van der Waals surface area contributed by atoms with Crippen molar-refractivity contribution < 1.29 is 0 Å². The summed E-state index contributed by atoms with van der Waals surface area (Å²) in [6.45, 7) is 9.58. The molecule has 3 N–H and O–H groups in total. The zero-order valence-corrected chi connectivity index (χ0v) is 12.3. The molecule has 19 heavy (non-hydrogen) atoms. The molecule has 2 heterocycles. The van der Waals surface area contributed by atoms with E-state index in [1.165, 1.54) is 11.3 Å². The van der Waals surface area contributed by atoms with E-state index in [1.54, 1.807) is 0 Å². The average Bonchev–Trinajstić information content (AvgIpc) is 2.78. The second kappa shape index (κ2) is 4.95. The Hall–Kier alpha value is -1.98. The first-order valence-corrected chi connectivity index (χ1v) is 6.51. The molecule has 0 radical (unpaired) electrons. The molecule has 6 heteroatoms. The van der Waals surface area contributed by atoms with Gasteiger partial charge in [-0.3, -0.25) is 4.68 Å². The van der Waals surface area contributed by atoms with Crippen LogP contribution in [-0.2, 0) is 20.1 Å². The van der Waals surface area contributed by atoms with Crippen molar-refractivity contribution in [1.29, 1.82) is 0 Å². The lowest BCUT2D eigenvalue weighted by atomic mass is 10.2. The Bertz CT molecular complexity index is 593. The van der Waals surface area contributed by atoms with Gasteiger partial charge in [-0.05, 0) is 27.7 Å².